The van der Waals surface area contributed by atoms with Gasteiger partial charge in [-0.15, -0.1) is 0 Å². The Bertz CT molecular complexity index is 641. The lowest BCUT2D eigenvalue weighted by molar-refractivity contribution is -0.133. The van der Waals surface area contributed by atoms with Crippen molar-refractivity contribution in [2.45, 2.75) is 0 Å². The number of rotatable bonds is 0. The van der Waals surface area contributed by atoms with Crippen LogP contribution in [0.4, 0.5) is 0 Å². The highest BCUT2D eigenvalue weighted by atomic mass is 35.5. The Morgan fingerprint density at radius 1 is 1.41 bits per heavy atom. The van der Waals surface area contributed by atoms with Gasteiger partial charge in [-0.1, -0.05) is 17.5 Å². The van der Waals surface area contributed by atoms with Crippen LogP contribution in [0, 0.1) is 11.8 Å². The van der Waals surface area contributed by atoms with Gasteiger partial charge in [0.25, 0.3) is 0 Å². The van der Waals surface area contributed by atoms with Gasteiger partial charge in [-0.3, -0.25) is 4.98 Å². The van der Waals surface area contributed by atoms with Crippen molar-refractivity contribution >= 4 is 28.5 Å². The van der Waals surface area contributed by atoms with Crippen molar-refractivity contribution in [3.63, 3.8) is 0 Å². The maximum Gasteiger partial charge on any atom is 0.384 e. The van der Waals surface area contributed by atoms with Crippen LogP contribution in [0.1, 0.15) is 5.56 Å². The molecule has 2 aromatic rings. The number of benzene rings is 1. The molecular weight excluding hydrogens is 238 g/mol. The molecule has 0 spiro atoms. The van der Waals surface area contributed by atoms with E-state index in [1.807, 2.05) is 6.07 Å². The number of halogens is 1. The number of ether oxygens (including phenoxy) is 1. The van der Waals surface area contributed by atoms with Crippen molar-refractivity contribution in [1.82, 2.24) is 4.98 Å². The molecule has 0 bridgehead atoms. The van der Waals surface area contributed by atoms with Gasteiger partial charge in [0, 0.05) is 23.1 Å². The van der Waals surface area contributed by atoms with Gasteiger partial charge in [0.2, 0.25) is 0 Å². The molecule has 3 nitrogen and oxygen atoms in total. The molecule has 84 valence electrons. The van der Waals surface area contributed by atoms with E-state index in [0.717, 1.165) is 10.9 Å². The van der Waals surface area contributed by atoms with E-state index in [0.29, 0.717) is 10.6 Å². The van der Waals surface area contributed by atoms with Gasteiger partial charge in [0.1, 0.15) is 0 Å². The highest BCUT2D eigenvalue weighted by molar-refractivity contribution is 6.35. The minimum Gasteiger partial charge on any atom is -0.459 e. The second-order valence-corrected chi connectivity index (χ2v) is 3.67. The van der Waals surface area contributed by atoms with E-state index >= 15 is 0 Å². The van der Waals surface area contributed by atoms with Crippen molar-refractivity contribution in [3.8, 4) is 11.8 Å². The Hall–Kier alpha value is -2.05. The van der Waals surface area contributed by atoms with Crippen LogP contribution in [-0.4, -0.2) is 18.1 Å². The molecule has 0 aliphatic carbocycles. The summed E-state index contributed by atoms with van der Waals surface area (Å²) in [4.78, 5) is 15.1. The van der Waals surface area contributed by atoms with E-state index < -0.39 is 5.97 Å². The van der Waals surface area contributed by atoms with Crippen LogP contribution in [-0.2, 0) is 9.53 Å². The standard InChI is InChI=1S/C13H8ClNO2/c1-17-13(16)5-3-9-2-4-12-10(8-9)11(14)6-7-15-12/h2,4,6-8H,1H3. The molecule has 0 aliphatic rings. The minimum atomic E-state index is -0.567. The number of carbonyl (C=O) groups excluding carboxylic acids is 1. The molecular formula is C13H8ClNO2. The van der Waals surface area contributed by atoms with Gasteiger partial charge in [-0.05, 0) is 24.3 Å². The summed E-state index contributed by atoms with van der Waals surface area (Å²) in [6.07, 6.45) is 1.64. The third-order valence-corrected chi connectivity index (χ3v) is 2.51. The van der Waals surface area contributed by atoms with E-state index in [9.17, 15) is 4.79 Å². The maximum atomic E-state index is 10.9. The van der Waals surface area contributed by atoms with Crippen LogP contribution < -0.4 is 0 Å². The second-order valence-electron chi connectivity index (χ2n) is 3.27. The largest absolute Gasteiger partial charge is 0.459 e. The SMILES string of the molecule is COC(=O)C#Cc1ccc2nccc(Cl)c2c1. The first kappa shape index (κ1) is 11.4. The first-order chi connectivity index (χ1) is 8.20. The molecule has 0 fully saturated rings. The topological polar surface area (TPSA) is 39.2 Å². The Kier molecular flexibility index (Phi) is 3.27. The number of methoxy groups -OCH3 is 1. The molecule has 0 saturated carbocycles. The molecule has 0 unspecified atom stereocenters. The molecule has 1 heterocycles. The van der Waals surface area contributed by atoms with Crippen LogP contribution in [0.15, 0.2) is 30.5 Å². The molecule has 1 aromatic heterocycles. The zero-order chi connectivity index (χ0) is 12.3. The molecule has 0 amide bonds. The van der Waals surface area contributed by atoms with E-state index in [2.05, 4.69) is 21.6 Å². The number of aromatic nitrogens is 1. The van der Waals surface area contributed by atoms with Gasteiger partial charge < -0.3 is 4.74 Å². The molecule has 0 N–H and O–H groups in total. The zero-order valence-electron chi connectivity index (χ0n) is 9.03. The van der Waals surface area contributed by atoms with Crippen LogP contribution >= 0.6 is 11.6 Å². The molecule has 0 atom stereocenters. The van der Waals surface area contributed by atoms with Gasteiger partial charge in [-0.2, -0.15) is 0 Å². The summed E-state index contributed by atoms with van der Waals surface area (Å²) >= 11 is 6.04. The highest BCUT2D eigenvalue weighted by Crippen LogP contribution is 2.22. The quantitative estimate of drug-likeness (QED) is 0.529. The molecule has 1 aromatic carbocycles. The second kappa shape index (κ2) is 4.86. The predicted molar refractivity (Wildman–Crippen MR) is 65.6 cm³/mol. The van der Waals surface area contributed by atoms with Crippen LogP contribution in [0.2, 0.25) is 5.02 Å². The predicted octanol–water partition coefficient (Wildman–Crippen LogP) is 2.41. The summed E-state index contributed by atoms with van der Waals surface area (Å²) < 4.78 is 4.43. The average molecular weight is 246 g/mol. The van der Waals surface area contributed by atoms with Crippen molar-refractivity contribution in [1.29, 1.82) is 0 Å². The summed E-state index contributed by atoms with van der Waals surface area (Å²) in [6, 6.07) is 7.09. The lowest BCUT2D eigenvalue weighted by Gasteiger charge is -1.99. The third kappa shape index (κ3) is 2.55. The van der Waals surface area contributed by atoms with Crippen LogP contribution in [0.25, 0.3) is 10.9 Å². The van der Waals surface area contributed by atoms with E-state index in [4.69, 9.17) is 11.6 Å². The fourth-order valence-corrected chi connectivity index (χ4v) is 1.57. The average Bonchev–Trinajstić information content (AvgIpc) is 2.36. The Morgan fingerprint density at radius 3 is 3.00 bits per heavy atom. The smallest absolute Gasteiger partial charge is 0.384 e. The van der Waals surface area contributed by atoms with Crippen molar-refractivity contribution in [3.05, 3.63) is 41.0 Å². The Balaban J connectivity index is 2.47. The number of pyridine rings is 1. The lowest BCUT2D eigenvalue weighted by Crippen LogP contribution is -1.94. The van der Waals surface area contributed by atoms with Gasteiger partial charge >= 0.3 is 5.97 Å². The monoisotopic (exact) mass is 245 g/mol. The minimum absolute atomic E-state index is 0.567. The van der Waals surface area contributed by atoms with Gasteiger partial charge in [-0.25, -0.2) is 4.79 Å². The van der Waals surface area contributed by atoms with E-state index in [1.54, 1.807) is 24.4 Å². The van der Waals surface area contributed by atoms with Crippen molar-refractivity contribution in [2.75, 3.05) is 7.11 Å². The molecule has 0 saturated heterocycles. The van der Waals surface area contributed by atoms with Crippen LogP contribution in [0.3, 0.4) is 0 Å². The van der Waals surface area contributed by atoms with Gasteiger partial charge in [0.15, 0.2) is 0 Å². The number of hydrogen-bond acceptors (Lipinski definition) is 3. The molecule has 2 rings (SSSR count). The summed E-state index contributed by atoms with van der Waals surface area (Å²) in [6.45, 7) is 0. The summed E-state index contributed by atoms with van der Waals surface area (Å²) in [5.74, 6) is 4.49. The van der Waals surface area contributed by atoms with Crippen LogP contribution in [0.5, 0.6) is 0 Å². The third-order valence-electron chi connectivity index (χ3n) is 2.18. The Labute approximate surface area is 103 Å². The Morgan fingerprint density at radius 2 is 2.24 bits per heavy atom. The fraction of sp³-hybridized carbons (Fsp3) is 0.0769. The number of hydrogen-bond donors (Lipinski definition) is 0. The summed E-state index contributed by atoms with van der Waals surface area (Å²) in [5.41, 5.74) is 1.49. The van der Waals surface area contributed by atoms with Crippen molar-refractivity contribution < 1.29 is 9.53 Å². The maximum absolute atomic E-state index is 10.9. The van der Waals surface area contributed by atoms with Gasteiger partial charge in [0.05, 0.1) is 17.6 Å². The molecule has 17 heavy (non-hydrogen) atoms. The summed E-state index contributed by atoms with van der Waals surface area (Å²) in [5, 5.41) is 1.42. The first-order valence-corrected chi connectivity index (χ1v) is 5.23. The number of carbonyl (C=O) groups is 1. The number of fused-ring (bicyclic) bond motifs is 1. The van der Waals surface area contributed by atoms with Crippen molar-refractivity contribution in [2.24, 2.45) is 0 Å². The van der Waals surface area contributed by atoms with E-state index in [1.165, 1.54) is 7.11 Å². The first-order valence-electron chi connectivity index (χ1n) is 4.85. The fourth-order valence-electron chi connectivity index (χ4n) is 1.36. The summed E-state index contributed by atoms with van der Waals surface area (Å²) in [7, 11) is 1.29. The molecule has 0 aliphatic heterocycles. The molecule has 0 radical (unpaired) electrons. The zero-order valence-corrected chi connectivity index (χ0v) is 9.78. The normalized spacial score (nSPS) is 9.53. The number of esters is 1. The lowest BCUT2D eigenvalue weighted by atomic mass is 10.1. The van der Waals surface area contributed by atoms with E-state index in [-0.39, 0.29) is 0 Å². The number of nitrogens with zero attached hydrogens (tertiary/aromatic N) is 1. The molecule has 4 heteroatoms. The highest BCUT2D eigenvalue weighted by Gasteiger charge is 2.00.